The van der Waals surface area contributed by atoms with Crippen LogP contribution >= 0.6 is 0 Å². The van der Waals surface area contributed by atoms with Gasteiger partial charge in [0.1, 0.15) is 11.6 Å². The second-order valence-corrected chi connectivity index (χ2v) is 4.62. The molecule has 3 aromatic rings. The molecule has 1 N–H and O–H groups in total. The Labute approximate surface area is 126 Å². The Bertz CT molecular complexity index is 872. The SMILES string of the molecule is O=[N+]([O-])c1ccc2nc(-c3ccc(OC(F)(F)F)cc3)[nH]c2c1. The van der Waals surface area contributed by atoms with Crippen LogP contribution in [0.25, 0.3) is 22.4 Å². The highest BCUT2D eigenvalue weighted by Crippen LogP contribution is 2.27. The van der Waals surface area contributed by atoms with Crippen LogP contribution in [0.15, 0.2) is 42.5 Å². The van der Waals surface area contributed by atoms with Crippen LogP contribution in [-0.4, -0.2) is 21.3 Å². The fraction of sp³-hybridized carbons (Fsp3) is 0.0714. The zero-order chi connectivity index (χ0) is 16.6. The highest BCUT2D eigenvalue weighted by Gasteiger charge is 2.31. The normalized spacial score (nSPS) is 11.6. The number of rotatable bonds is 3. The zero-order valence-corrected chi connectivity index (χ0v) is 11.3. The number of non-ortho nitro benzene ring substituents is 1. The van der Waals surface area contributed by atoms with E-state index in [4.69, 9.17) is 0 Å². The molecule has 0 radical (unpaired) electrons. The number of nitro benzene ring substituents is 1. The molecule has 0 fully saturated rings. The molecule has 0 unspecified atom stereocenters. The second kappa shape index (κ2) is 5.27. The maximum atomic E-state index is 12.1. The first-order chi connectivity index (χ1) is 10.8. The summed E-state index contributed by atoms with van der Waals surface area (Å²) in [4.78, 5) is 17.4. The first-order valence-electron chi connectivity index (χ1n) is 6.32. The number of ether oxygens (including phenoxy) is 1. The zero-order valence-electron chi connectivity index (χ0n) is 11.3. The molecule has 0 atom stereocenters. The quantitative estimate of drug-likeness (QED) is 0.582. The largest absolute Gasteiger partial charge is 0.573 e. The lowest BCUT2D eigenvalue weighted by molar-refractivity contribution is -0.384. The third-order valence-corrected chi connectivity index (χ3v) is 3.04. The molecule has 0 aliphatic rings. The van der Waals surface area contributed by atoms with Gasteiger partial charge in [0.2, 0.25) is 0 Å². The van der Waals surface area contributed by atoms with E-state index in [1.54, 1.807) is 0 Å². The van der Waals surface area contributed by atoms with Gasteiger partial charge in [-0.3, -0.25) is 10.1 Å². The summed E-state index contributed by atoms with van der Waals surface area (Å²) in [6.07, 6.45) is -4.75. The molecule has 0 bridgehead atoms. The van der Waals surface area contributed by atoms with E-state index in [0.717, 1.165) is 0 Å². The average molecular weight is 323 g/mol. The molecule has 0 spiro atoms. The van der Waals surface area contributed by atoms with Crippen molar-refractivity contribution >= 4 is 16.7 Å². The number of alkyl halides is 3. The van der Waals surface area contributed by atoms with Gasteiger partial charge in [-0.1, -0.05) is 0 Å². The molecule has 1 aromatic heterocycles. The Balaban J connectivity index is 1.92. The van der Waals surface area contributed by atoms with Crippen molar-refractivity contribution in [1.82, 2.24) is 9.97 Å². The molecule has 9 heteroatoms. The van der Waals surface area contributed by atoms with Crippen molar-refractivity contribution in [1.29, 1.82) is 0 Å². The standard InChI is InChI=1S/C14H8F3N3O3/c15-14(16,17)23-10-4-1-8(2-5-10)13-18-11-6-3-9(20(21)22)7-12(11)19-13/h1-7H,(H,18,19). The van der Waals surface area contributed by atoms with Gasteiger partial charge in [0, 0.05) is 17.7 Å². The molecule has 23 heavy (non-hydrogen) atoms. The van der Waals surface area contributed by atoms with Crippen molar-refractivity contribution in [2.24, 2.45) is 0 Å². The molecule has 118 valence electrons. The van der Waals surface area contributed by atoms with E-state index in [1.165, 1.54) is 42.5 Å². The number of aromatic nitrogens is 2. The molecular weight excluding hydrogens is 315 g/mol. The van der Waals surface area contributed by atoms with E-state index in [-0.39, 0.29) is 11.4 Å². The van der Waals surface area contributed by atoms with Gasteiger partial charge in [0.05, 0.1) is 16.0 Å². The van der Waals surface area contributed by atoms with Crippen LogP contribution in [0, 0.1) is 10.1 Å². The van der Waals surface area contributed by atoms with E-state index in [0.29, 0.717) is 22.4 Å². The van der Waals surface area contributed by atoms with Gasteiger partial charge < -0.3 is 9.72 Å². The van der Waals surface area contributed by atoms with Crippen LogP contribution in [0.2, 0.25) is 0 Å². The fourth-order valence-electron chi connectivity index (χ4n) is 2.06. The Morgan fingerprint density at radius 3 is 2.43 bits per heavy atom. The number of H-pyrrole nitrogens is 1. The predicted molar refractivity (Wildman–Crippen MR) is 74.9 cm³/mol. The Kier molecular flexibility index (Phi) is 3.40. The summed E-state index contributed by atoms with van der Waals surface area (Å²) in [5, 5.41) is 10.7. The van der Waals surface area contributed by atoms with Crippen LogP contribution < -0.4 is 4.74 Å². The number of aromatic amines is 1. The Morgan fingerprint density at radius 1 is 1.13 bits per heavy atom. The van der Waals surface area contributed by atoms with Gasteiger partial charge in [0.25, 0.3) is 5.69 Å². The summed E-state index contributed by atoms with van der Waals surface area (Å²) in [5.41, 5.74) is 1.42. The number of imidazole rings is 1. The van der Waals surface area contributed by atoms with Gasteiger partial charge in [0.15, 0.2) is 0 Å². The maximum Gasteiger partial charge on any atom is 0.573 e. The summed E-state index contributed by atoms with van der Waals surface area (Å²) in [7, 11) is 0. The lowest BCUT2D eigenvalue weighted by Crippen LogP contribution is -2.16. The molecule has 1 heterocycles. The van der Waals surface area contributed by atoms with Crippen molar-refractivity contribution in [3.05, 3.63) is 52.6 Å². The Hall–Kier alpha value is -3.10. The first kappa shape index (κ1) is 14.8. The number of halogens is 3. The van der Waals surface area contributed by atoms with E-state index in [2.05, 4.69) is 14.7 Å². The molecule has 0 amide bonds. The molecule has 2 aromatic carbocycles. The van der Waals surface area contributed by atoms with Crippen molar-refractivity contribution < 1.29 is 22.8 Å². The summed E-state index contributed by atoms with van der Waals surface area (Å²) < 4.78 is 40.1. The fourth-order valence-corrected chi connectivity index (χ4v) is 2.06. The summed E-state index contributed by atoms with van der Waals surface area (Å²) in [6.45, 7) is 0. The summed E-state index contributed by atoms with van der Waals surface area (Å²) in [6, 6.07) is 9.31. The topological polar surface area (TPSA) is 81.1 Å². The average Bonchev–Trinajstić information content (AvgIpc) is 2.89. The van der Waals surface area contributed by atoms with Crippen LogP contribution in [0.5, 0.6) is 5.75 Å². The number of hydrogen-bond donors (Lipinski definition) is 1. The minimum absolute atomic E-state index is 0.0818. The van der Waals surface area contributed by atoms with Crippen LogP contribution in [-0.2, 0) is 0 Å². The predicted octanol–water partition coefficient (Wildman–Crippen LogP) is 4.04. The van der Waals surface area contributed by atoms with Crippen molar-refractivity contribution in [3.8, 4) is 17.1 Å². The molecule has 0 saturated heterocycles. The molecular formula is C14H8F3N3O3. The number of nitrogens with one attached hydrogen (secondary N) is 1. The van der Waals surface area contributed by atoms with E-state index in [1.807, 2.05) is 0 Å². The van der Waals surface area contributed by atoms with Gasteiger partial charge >= 0.3 is 6.36 Å². The smallest absolute Gasteiger partial charge is 0.406 e. The monoisotopic (exact) mass is 323 g/mol. The van der Waals surface area contributed by atoms with Gasteiger partial charge in [-0.15, -0.1) is 13.2 Å². The van der Waals surface area contributed by atoms with Crippen LogP contribution in [0.3, 0.4) is 0 Å². The number of fused-ring (bicyclic) bond motifs is 1. The van der Waals surface area contributed by atoms with Crippen molar-refractivity contribution in [3.63, 3.8) is 0 Å². The molecule has 6 nitrogen and oxygen atoms in total. The van der Waals surface area contributed by atoms with E-state index >= 15 is 0 Å². The summed E-state index contributed by atoms with van der Waals surface area (Å²) >= 11 is 0. The number of benzene rings is 2. The maximum absolute atomic E-state index is 12.1. The van der Waals surface area contributed by atoms with Crippen molar-refractivity contribution in [2.45, 2.75) is 6.36 Å². The van der Waals surface area contributed by atoms with Crippen LogP contribution in [0.4, 0.5) is 18.9 Å². The minimum Gasteiger partial charge on any atom is -0.406 e. The first-order valence-corrected chi connectivity index (χ1v) is 6.32. The number of hydrogen-bond acceptors (Lipinski definition) is 4. The van der Waals surface area contributed by atoms with Gasteiger partial charge in [-0.2, -0.15) is 0 Å². The number of nitro groups is 1. The van der Waals surface area contributed by atoms with E-state index in [9.17, 15) is 23.3 Å². The van der Waals surface area contributed by atoms with Crippen LogP contribution in [0.1, 0.15) is 0 Å². The van der Waals surface area contributed by atoms with E-state index < -0.39 is 11.3 Å². The third-order valence-electron chi connectivity index (χ3n) is 3.04. The van der Waals surface area contributed by atoms with Gasteiger partial charge in [-0.05, 0) is 30.3 Å². The van der Waals surface area contributed by atoms with Crippen molar-refractivity contribution in [2.75, 3.05) is 0 Å². The number of nitrogens with zero attached hydrogens (tertiary/aromatic N) is 2. The lowest BCUT2D eigenvalue weighted by Gasteiger charge is -2.08. The minimum atomic E-state index is -4.75. The highest BCUT2D eigenvalue weighted by atomic mass is 19.4. The van der Waals surface area contributed by atoms with Gasteiger partial charge in [-0.25, -0.2) is 4.98 Å². The molecule has 0 aliphatic heterocycles. The molecule has 3 rings (SSSR count). The molecule has 0 saturated carbocycles. The third kappa shape index (κ3) is 3.23. The highest BCUT2D eigenvalue weighted by molar-refractivity contribution is 5.81. The Morgan fingerprint density at radius 2 is 1.83 bits per heavy atom. The lowest BCUT2D eigenvalue weighted by atomic mass is 10.2. The summed E-state index contributed by atoms with van der Waals surface area (Å²) in [5.74, 6) is 0.0482. The second-order valence-electron chi connectivity index (χ2n) is 4.62. The molecule has 0 aliphatic carbocycles.